The SMILES string of the molecule is O=C(NCCC1CC2CCC1C2)C1(O)CCSC1. The molecular formula is C14H23NO2S. The lowest BCUT2D eigenvalue weighted by molar-refractivity contribution is -0.137. The first-order valence-electron chi connectivity index (χ1n) is 7.26. The Labute approximate surface area is 113 Å². The van der Waals surface area contributed by atoms with Crippen LogP contribution in [-0.4, -0.2) is 34.7 Å². The van der Waals surface area contributed by atoms with E-state index in [2.05, 4.69) is 5.32 Å². The van der Waals surface area contributed by atoms with Gasteiger partial charge in [-0.15, -0.1) is 0 Å². The van der Waals surface area contributed by atoms with Crippen molar-refractivity contribution in [3.63, 3.8) is 0 Å². The van der Waals surface area contributed by atoms with Crippen molar-refractivity contribution in [3.05, 3.63) is 0 Å². The lowest BCUT2D eigenvalue weighted by Gasteiger charge is -2.24. The zero-order valence-corrected chi connectivity index (χ0v) is 11.7. The molecule has 102 valence electrons. The highest BCUT2D eigenvalue weighted by atomic mass is 32.2. The molecule has 3 nitrogen and oxygen atoms in total. The molecule has 1 heterocycles. The Balaban J connectivity index is 1.41. The Morgan fingerprint density at radius 2 is 2.28 bits per heavy atom. The quantitative estimate of drug-likeness (QED) is 0.818. The molecule has 4 heteroatoms. The molecule has 0 radical (unpaired) electrons. The van der Waals surface area contributed by atoms with E-state index in [9.17, 15) is 9.90 Å². The van der Waals surface area contributed by atoms with E-state index in [1.165, 1.54) is 25.7 Å². The van der Waals surface area contributed by atoms with Crippen molar-refractivity contribution in [3.8, 4) is 0 Å². The minimum Gasteiger partial charge on any atom is -0.379 e. The lowest BCUT2D eigenvalue weighted by atomic mass is 9.86. The van der Waals surface area contributed by atoms with Crippen molar-refractivity contribution in [2.45, 2.75) is 44.1 Å². The maximum Gasteiger partial charge on any atom is 0.252 e. The van der Waals surface area contributed by atoms with Gasteiger partial charge in [0.1, 0.15) is 0 Å². The molecule has 0 aromatic heterocycles. The third-order valence-corrected chi connectivity index (χ3v) is 6.28. The van der Waals surface area contributed by atoms with Gasteiger partial charge in [-0.05, 0) is 55.6 Å². The van der Waals surface area contributed by atoms with E-state index < -0.39 is 5.60 Å². The van der Waals surface area contributed by atoms with E-state index in [-0.39, 0.29) is 5.91 Å². The average molecular weight is 269 g/mol. The first kappa shape index (κ1) is 12.8. The second kappa shape index (κ2) is 5.04. The van der Waals surface area contributed by atoms with E-state index in [0.29, 0.717) is 12.2 Å². The van der Waals surface area contributed by atoms with Crippen LogP contribution in [0.1, 0.15) is 38.5 Å². The number of carbonyl (C=O) groups excluding carboxylic acids is 1. The molecule has 2 bridgehead atoms. The summed E-state index contributed by atoms with van der Waals surface area (Å²) in [6.07, 6.45) is 7.36. The van der Waals surface area contributed by atoms with Gasteiger partial charge in [0.2, 0.25) is 0 Å². The zero-order chi connectivity index (χ0) is 12.6. The number of rotatable bonds is 4. The molecule has 3 aliphatic rings. The lowest BCUT2D eigenvalue weighted by Crippen LogP contribution is -2.47. The van der Waals surface area contributed by atoms with E-state index in [4.69, 9.17) is 0 Å². The Bertz CT molecular complexity index is 328. The van der Waals surface area contributed by atoms with Crippen LogP contribution in [0.5, 0.6) is 0 Å². The fourth-order valence-corrected chi connectivity index (χ4v) is 5.24. The Morgan fingerprint density at radius 1 is 1.39 bits per heavy atom. The van der Waals surface area contributed by atoms with Crippen molar-refractivity contribution >= 4 is 17.7 Å². The highest BCUT2D eigenvalue weighted by Gasteiger charge is 2.41. The predicted molar refractivity (Wildman–Crippen MR) is 73.5 cm³/mol. The van der Waals surface area contributed by atoms with Crippen LogP contribution in [0.25, 0.3) is 0 Å². The third-order valence-electron chi connectivity index (χ3n) is 5.11. The van der Waals surface area contributed by atoms with E-state index in [1.807, 2.05) is 0 Å². The van der Waals surface area contributed by atoms with Crippen LogP contribution < -0.4 is 5.32 Å². The second-order valence-electron chi connectivity index (χ2n) is 6.31. The summed E-state index contributed by atoms with van der Waals surface area (Å²) in [5.74, 6) is 4.05. The van der Waals surface area contributed by atoms with Gasteiger partial charge in [0.05, 0.1) is 0 Å². The van der Waals surface area contributed by atoms with Gasteiger partial charge in [0.15, 0.2) is 5.60 Å². The Kier molecular flexibility index (Phi) is 3.59. The number of carbonyl (C=O) groups is 1. The van der Waals surface area contributed by atoms with E-state index in [1.54, 1.807) is 11.8 Å². The molecule has 18 heavy (non-hydrogen) atoms. The predicted octanol–water partition coefficient (Wildman–Crippen LogP) is 1.80. The first-order chi connectivity index (χ1) is 8.67. The number of amides is 1. The summed E-state index contributed by atoms with van der Waals surface area (Å²) < 4.78 is 0. The highest BCUT2D eigenvalue weighted by molar-refractivity contribution is 7.99. The zero-order valence-electron chi connectivity index (χ0n) is 10.9. The normalized spacial score (nSPS) is 42.4. The molecule has 1 aliphatic heterocycles. The molecule has 0 aromatic carbocycles. The summed E-state index contributed by atoms with van der Waals surface area (Å²) in [4.78, 5) is 11.9. The van der Waals surface area contributed by atoms with Gasteiger partial charge in [0.25, 0.3) is 5.91 Å². The molecule has 2 saturated carbocycles. The van der Waals surface area contributed by atoms with Crippen molar-refractivity contribution in [1.82, 2.24) is 5.32 Å². The summed E-state index contributed by atoms with van der Waals surface area (Å²) >= 11 is 1.67. The molecule has 1 saturated heterocycles. The van der Waals surface area contributed by atoms with Crippen LogP contribution in [0.3, 0.4) is 0 Å². The summed E-state index contributed by atoms with van der Waals surface area (Å²) in [6, 6.07) is 0. The number of aliphatic hydroxyl groups is 1. The van der Waals surface area contributed by atoms with Crippen LogP contribution in [0.4, 0.5) is 0 Å². The number of fused-ring (bicyclic) bond motifs is 2. The molecule has 3 fully saturated rings. The van der Waals surface area contributed by atoms with Gasteiger partial charge in [-0.2, -0.15) is 11.8 Å². The summed E-state index contributed by atoms with van der Waals surface area (Å²) in [5, 5.41) is 13.1. The topological polar surface area (TPSA) is 49.3 Å². The number of hydrogen-bond acceptors (Lipinski definition) is 3. The molecule has 3 rings (SSSR count). The van der Waals surface area contributed by atoms with Crippen molar-refractivity contribution in [2.24, 2.45) is 17.8 Å². The molecule has 4 unspecified atom stereocenters. The van der Waals surface area contributed by atoms with Crippen molar-refractivity contribution in [2.75, 3.05) is 18.1 Å². The fourth-order valence-electron chi connectivity index (χ4n) is 4.00. The minimum absolute atomic E-state index is 0.143. The van der Waals surface area contributed by atoms with Gasteiger partial charge in [-0.25, -0.2) is 0 Å². The molecule has 4 atom stereocenters. The maximum atomic E-state index is 11.9. The number of thioether (sulfide) groups is 1. The monoisotopic (exact) mass is 269 g/mol. The average Bonchev–Trinajstić information content (AvgIpc) is 3.05. The maximum absolute atomic E-state index is 11.9. The second-order valence-corrected chi connectivity index (χ2v) is 7.42. The molecule has 0 aromatic rings. The smallest absolute Gasteiger partial charge is 0.252 e. The first-order valence-corrected chi connectivity index (χ1v) is 8.41. The molecule has 1 amide bonds. The summed E-state index contributed by atoms with van der Waals surface area (Å²) in [5.41, 5.74) is -1.08. The van der Waals surface area contributed by atoms with E-state index in [0.717, 1.165) is 36.5 Å². The van der Waals surface area contributed by atoms with Crippen LogP contribution >= 0.6 is 11.8 Å². The van der Waals surface area contributed by atoms with E-state index >= 15 is 0 Å². The summed E-state index contributed by atoms with van der Waals surface area (Å²) in [7, 11) is 0. The molecule has 2 N–H and O–H groups in total. The van der Waals surface area contributed by atoms with Gasteiger partial charge in [-0.3, -0.25) is 4.79 Å². The minimum atomic E-state index is -1.08. The van der Waals surface area contributed by atoms with Gasteiger partial charge in [-0.1, -0.05) is 6.42 Å². The molecule has 2 aliphatic carbocycles. The van der Waals surface area contributed by atoms with Gasteiger partial charge in [0, 0.05) is 12.3 Å². The third kappa shape index (κ3) is 2.42. The standard InChI is InChI=1S/C14H23NO2S/c16-13(14(17)4-6-18-9-14)15-5-3-12-8-10-1-2-11(12)7-10/h10-12,17H,1-9H2,(H,15,16). The van der Waals surface area contributed by atoms with Crippen LogP contribution in [-0.2, 0) is 4.79 Å². The molecule has 0 spiro atoms. The Morgan fingerprint density at radius 3 is 2.89 bits per heavy atom. The van der Waals surface area contributed by atoms with Crippen molar-refractivity contribution in [1.29, 1.82) is 0 Å². The van der Waals surface area contributed by atoms with Gasteiger partial charge < -0.3 is 10.4 Å². The van der Waals surface area contributed by atoms with Gasteiger partial charge >= 0.3 is 0 Å². The van der Waals surface area contributed by atoms with Crippen LogP contribution in [0.2, 0.25) is 0 Å². The van der Waals surface area contributed by atoms with Crippen molar-refractivity contribution < 1.29 is 9.90 Å². The van der Waals surface area contributed by atoms with Crippen LogP contribution in [0, 0.1) is 17.8 Å². The highest BCUT2D eigenvalue weighted by Crippen LogP contribution is 2.49. The number of hydrogen-bond donors (Lipinski definition) is 2. The number of nitrogens with one attached hydrogen (secondary N) is 1. The summed E-state index contributed by atoms with van der Waals surface area (Å²) in [6.45, 7) is 0.750. The van der Waals surface area contributed by atoms with Crippen LogP contribution in [0.15, 0.2) is 0 Å². The fraction of sp³-hybridized carbons (Fsp3) is 0.929. The largest absolute Gasteiger partial charge is 0.379 e. The molecular weight excluding hydrogens is 246 g/mol. The Hall–Kier alpha value is -0.220.